The predicted molar refractivity (Wildman–Crippen MR) is 78.6 cm³/mol. The SMILES string of the molecule is CC(C)(C)c1ccc(Cc2ccc(Cl)cc2C(=O)O)o1. The van der Waals surface area contributed by atoms with Crippen molar-refractivity contribution >= 4 is 17.6 Å². The first kappa shape index (κ1) is 14.7. The molecule has 0 saturated heterocycles. The number of aromatic carboxylic acids is 1. The topological polar surface area (TPSA) is 50.4 Å². The molecule has 1 N–H and O–H groups in total. The summed E-state index contributed by atoms with van der Waals surface area (Å²) in [5, 5.41) is 9.63. The zero-order valence-corrected chi connectivity index (χ0v) is 12.5. The highest BCUT2D eigenvalue weighted by Gasteiger charge is 2.19. The average Bonchev–Trinajstić information content (AvgIpc) is 2.79. The van der Waals surface area contributed by atoms with Crippen molar-refractivity contribution in [3.05, 3.63) is 58.0 Å². The van der Waals surface area contributed by atoms with Crippen LogP contribution in [0.3, 0.4) is 0 Å². The number of benzene rings is 1. The van der Waals surface area contributed by atoms with Crippen molar-refractivity contribution in [2.75, 3.05) is 0 Å². The minimum atomic E-state index is -0.981. The van der Waals surface area contributed by atoms with Crippen molar-refractivity contribution in [1.29, 1.82) is 0 Å². The molecule has 0 aliphatic carbocycles. The van der Waals surface area contributed by atoms with Crippen LogP contribution >= 0.6 is 11.6 Å². The molecule has 4 heteroatoms. The van der Waals surface area contributed by atoms with E-state index >= 15 is 0 Å². The van der Waals surface area contributed by atoms with Gasteiger partial charge in [-0.1, -0.05) is 38.4 Å². The second-order valence-electron chi connectivity index (χ2n) is 5.80. The van der Waals surface area contributed by atoms with E-state index in [9.17, 15) is 9.90 Å². The number of hydrogen-bond acceptors (Lipinski definition) is 2. The summed E-state index contributed by atoms with van der Waals surface area (Å²) in [4.78, 5) is 11.2. The third kappa shape index (κ3) is 3.23. The van der Waals surface area contributed by atoms with Crippen LogP contribution < -0.4 is 0 Å². The maximum atomic E-state index is 11.2. The molecule has 3 nitrogen and oxygen atoms in total. The number of halogens is 1. The number of carbonyl (C=O) groups is 1. The Hall–Kier alpha value is -1.74. The smallest absolute Gasteiger partial charge is 0.336 e. The van der Waals surface area contributed by atoms with Gasteiger partial charge in [-0.2, -0.15) is 0 Å². The number of rotatable bonds is 3. The normalized spacial score (nSPS) is 11.6. The van der Waals surface area contributed by atoms with E-state index in [0.29, 0.717) is 17.0 Å². The lowest BCUT2D eigenvalue weighted by Crippen LogP contribution is -2.09. The van der Waals surface area contributed by atoms with Gasteiger partial charge in [0.05, 0.1) is 5.56 Å². The van der Waals surface area contributed by atoms with Gasteiger partial charge in [0.2, 0.25) is 0 Å². The van der Waals surface area contributed by atoms with Gasteiger partial charge in [0.25, 0.3) is 0 Å². The van der Waals surface area contributed by atoms with Crippen LogP contribution in [0.25, 0.3) is 0 Å². The summed E-state index contributed by atoms with van der Waals surface area (Å²) in [5.41, 5.74) is 0.844. The zero-order valence-electron chi connectivity index (χ0n) is 11.7. The van der Waals surface area contributed by atoms with Crippen LogP contribution in [0.4, 0.5) is 0 Å². The fourth-order valence-corrected chi connectivity index (χ4v) is 2.14. The zero-order chi connectivity index (χ0) is 14.9. The van der Waals surface area contributed by atoms with E-state index in [0.717, 1.165) is 11.5 Å². The molecule has 1 aromatic carbocycles. The highest BCUT2D eigenvalue weighted by atomic mass is 35.5. The van der Waals surface area contributed by atoms with E-state index in [1.54, 1.807) is 12.1 Å². The number of furan rings is 1. The van der Waals surface area contributed by atoms with E-state index in [-0.39, 0.29) is 11.0 Å². The van der Waals surface area contributed by atoms with Crippen LogP contribution in [0.1, 0.15) is 48.2 Å². The van der Waals surface area contributed by atoms with Crippen LogP contribution in [0.15, 0.2) is 34.7 Å². The van der Waals surface area contributed by atoms with Gasteiger partial charge in [0, 0.05) is 16.9 Å². The summed E-state index contributed by atoms with van der Waals surface area (Å²) < 4.78 is 5.79. The minimum absolute atomic E-state index is 0.0616. The van der Waals surface area contributed by atoms with Gasteiger partial charge in [-0.25, -0.2) is 4.79 Å². The van der Waals surface area contributed by atoms with Gasteiger partial charge in [-0.05, 0) is 29.8 Å². The Morgan fingerprint density at radius 1 is 1.25 bits per heavy atom. The Balaban J connectivity index is 2.31. The van der Waals surface area contributed by atoms with Crippen molar-refractivity contribution in [3.8, 4) is 0 Å². The Kier molecular flexibility index (Phi) is 3.91. The Morgan fingerprint density at radius 2 is 1.95 bits per heavy atom. The van der Waals surface area contributed by atoms with Crippen molar-refractivity contribution in [2.24, 2.45) is 0 Å². The molecule has 106 valence electrons. The van der Waals surface area contributed by atoms with Crippen molar-refractivity contribution < 1.29 is 14.3 Å². The fourth-order valence-electron chi connectivity index (χ4n) is 1.97. The molecule has 0 unspecified atom stereocenters. The molecule has 0 saturated carbocycles. The third-order valence-electron chi connectivity index (χ3n) is 3.07. The van der Waals surface area contributed by atoms with E-state index in [1.807, 2.05) is 12.1 Å². The standard InChI is InChI=1S/C16H17ClO3/c1-16(2,3)14-7-6-12(20-14)8-10-4-5-11(17)9-13(10)15(18)19/h4-7,9H,8H2,1-3H3,(H,18,19). The Morgan fingerprint density at radius 3 is 2.50 bits per heavy atom. The molecule has 2 rings (SSSR count). The number of carboxylic acid groups (broad SMARTS) is 1. The van der Waals surface area contributed by atoms with Gasteiger partial charge in [-0.3, -0.25) is 0 Å². The van der Waals surface area contributed by atoms with Gasteiger partial charge >= 0.3 is 5.97 Å². The van der Waals surface area contributed by atoms with E-state index < -0.39 is 5.97 Å². The van der Waals surface area contributed by atoms with Crippen molar-refractivity contribution in [3.63, 3.8) is 0 Å². The lowest BCUT2D eigenvalue weighted by Gasteiger charge is -2.14. The molecule has 0 bridgehead atoms. The largest absolute Gasteiger partial charge is 0.478 e. The van der Waals surface area contributed by atoms with Crippen molar-refractivity contribution in [1.82, 2.24) is 0 Å². The molecule has 0 aliphatic rings. The van der Waals surface area contributed by atoms with Gasteiger partial charge in [0.1, 0.15) is 11.5 Å². The lowest BCUT2D eigenvalue weighted by molar-refractivity contribution is 0.0696. The third-order valence-corrected chi connectivity index (χ3v) is 3.30. The van der Waals surface area contributed by atoms with Crippen LogP contribution in [0.2, 0.25) is 5.02 Å². The summed E-state index contributed by atoms with van der Waals surface area (Å²) in [6, 6.07) is 8.71. The molecular formula is C16H17ClO3. The monoisotopic (exact) mass is 292 g/mol. The quantitative estimate of drug-likeness (QED) is 0.905. The molecule has 0 amide bonds. The molecule has 0 radical (unpaired) electrons. The average molecular weight is 293 g/mol. The summed E-state index contributed by atoms with van der Waals surface area (Å²) in [6.07, 6.45) is 0.439. The highest BCUT2D eigenvalue weighted by Crippen LogP contribution is 2.26. The maximum absolute atomic E-state index is 11.2. The Labute approximate surface area is 123 Å². The molecular weight excluding hydrogens is 276 g/mol. The Bertz CT molecular complexity index is 635. The highest BCUT2D eigenvalue weighted by molar-refractivity contribution is 6.30. The molecule has 0 fully saturated rings. The first-order chi connectivity index (χ1) is 9.27. The van der Waals surface area contributed by atoms with Crippen LogP contribution in [0.5, 0.6) is 0 Å². The molecule has 0 atom stereocenters. The van der Waals surface area contributed by atoms with Crippen molar-refractivity contribution in [2.45, 2.75) is 32.6 Å². The van der Waals surface area contributed by atoms with Gasteiger partial charge in [-0.15, -0.1) is 0 Å². The minimum Gasteiger partial charge on any atom is -0.478 e. The van der Waals surface area contributed by atoms with E-state index in [4.69, 9.17) is 16.0 Å². The van der Waals surface area contributed by atoms with E-state index in [1.165, 1.54) is 6.07 Å². The molecule has 1 heterocycles. The molecule has 20 heavy (non-hydrogen) atoms. The molecule has 1 aromatic heterocycles. The second kappa shape index (κ2) is 5.33. The number of hydrogen-bond donors (Lipinski definition) is 1. The lowest BCUT2D eigenvalue weighted by atomic mass is 9.94. The van der Waals surface area contributed by atoms with Gasteiger partial charge < -0.3 is 9.52 Å². The van der Waals surface area contributed by atoms with E-state index in [2.05, 4.69) is 20.8 Å². The summed E-state index contributed by atoms with van der Waals surface area (Å²) in [6.45, 7) is 6.21. The summed E-state index contributed by atoms with van der Waals surface area (Å²) in [5.74, 6) is 0.656. The molecule has 0 aliphatic heterocycles. The molecule has 2 aromatic rings. The summed E-state index contributed by atoms with van der Waals surface area (Å²) >= 11 is 5.84. The fraction of sp³-hybridized carbons (Fsp3) is 0.312. The molecule has 0 spiro atoms. The first-order valence-corrected chi connectivity index (χ1v) is 6.76. The second-order valence-corrected chi connectivity index (χ2v) is 6.24. The van der Waals surface area contributed by atoms with Crippen LogP contribution in [-0.4, -0.2) is 11.1 Å². The maximum Gasteiger partial charge on any atom is 0.336 e. The summed E-state index contributed by atoms with van der Waals surface area (Å²) in [7, 11) is 0. The number of carboxylic acids is 1. The first-order valence-electron chi connectivity index (χ1n) is 6.38. The van der Waals surface area contributed by atoms with Crippen LogP contribution in [0, 0.1) is 0 Å². The van der Waals surface area contributed by atoms with Gasteiger partial charge in [0.15, 0.2) is 0 Å². The van der Waals surface area contributed by atoms with Crippen LogP contribution in [-0.2, 0) is 11.8 Å². The predicted octanol–water partition coefficient (Wildman–Crippen LogP) is 4.52.